The minimum atomic E-state index is -3.80. The van der Waals surface area contributed by atoms with Gasteiger partial charge >= 0.3 is 11.9 Å². The minimum Gasteiger partial charge on any atom is -0.469 e. The smallest absolute Gasteiger partial charge is 0.309 e. The van der Waals surface area contributed by atoms with Crippen LogP contribution in [0.3, 0.4) is 0 Å². The number of hydrogen-bond acceptors (Lipinski definition) is 8. The highest BCUT2D eigenvalue weighted by atomic mass is 32.2. The SMILES string of the molecule is COC(=O)C1CC2=CC(=O)CCC2(C)C2C(OS(C)(=O)=O)CC3(C)C(CC[C@@]34CCC(=O)O4)C12. The molecule has 9 heteroatoms. The molecule has 0 radical (unpaired) electrons. The summed E-state index contributed by atoms with van der Waals surface area (Å²) in [7, 11) is -2.44. The van der Waals surface area contributed by atoms with E-state index in [0.717, 1.165) is 18.2 Å². The van der Waals surface area contributed by atoms with Gasteiger partial charge in [-0.2, -0.15) is 8.42 Å². The molecule has 0 N–H and O–H groups in total. The van der Waals surface area contributed by atoms with E-state index in [1.807, 2.05) is 0 Å². The first kappa shape index (κ1) is 24.0. The van der Waals surface area contributed by atoms with Crippen LogP contribution in [0, 0.1) is 34.5 Å². The summed E-state index contributed by atoms with van der Waals surface area (Å²) in [6.45, 7) is 4.18. The van der Waals surface area contributed by atoms with Gasteiger partial charge in [-0.05, 0) is 67.8 Å². The molecule has 0 bridgehead atoms. The van der Waals surface area contributed by atoms with Gasteiger partial charge in [-0.15, -0.1) is 0 Å². The highest BCUT2D eigenvalue weighted by Crippen LogP contribution is 2.71. The first-order chi connectivity index (χ1) is 15.8. The van der Waals surface area contributed by atoms with E-state index >= 15 is 0 Å². The number of ether oxygens (including phenoxy) is 2. The second kappa shape index (κ2) is 7.63. The summed E-state index contributed by atoms with van der Waals surface area (Å²) in [5.41, 5.74) is -0.753. The van der Waals surface area contributed by atoms with Crippen molar-refractivity contribution in [2.75, 3.05) is 13.4 Å². The molecule has 1 aliphatic heterocycles. The van der Waals surface area contributed by atoms with Gasteiger partial charge in [0, 0.05) is 18.3 Å². The molecule has 1 saturated heterocycles. The molecule has 7 unspecified atom stereocenters. The van der Waals surface area contributed by atoms with E-state index in [1.54, 1.807) is 6.08 Å². The van der Waals surface area contributed by atoms with Gasteiger partial charge in [-0.1, -0.05) is 19.4 Å². The van der Waals surface area contributed by atoms with Gasteiger partial charge < -0.3 is 9.47 Å². The van der Waals surface area contributed by atoms with Crippen molar-refractivity contribution in [1.82, 2.24) is 0 Å². The van der Waals surface area contributed by atoms with Crippen LogP contribution in [0.1, 0.15) is 65.2 Å². The Morgan fingerprint density at radius 3 is 2.50 bits per heavy atom. The molecule has 5 aliphatic rings. The second-order valence-electron chi connectivity index (χ2n) is 11.6. The maximum atomic E-state index is 13.2. The summed E-state index contributed by atoms with van der Waals surface area (Å²) in [6.07, 6.45) is 6.29. The van der Waals surface area contributed by atoms with Crippen LogP contribution in [0.2, 0.25) is 0 Å². The van der Waals surface area contributed by atoms with Gasteiger partial charge in [0.25, 0.3) is 10.1 Å². The van der Waals surface area contributed by atoms with Crippen LogP contribution in [-0.2, 0) is 38.2 Å². The van der Waals surface area contributed by atoms with Crippen molar-refractivity contribution in [3.05, 3.63) is 11.6 Å². The molecular weight excluding hydrogens is 460 g/mol. The Hall–Kier alpha value is -1.74. The maximum Gasteiger partial charge on any atom is 0.309 e. The lowest BCUT2D eigenvalue weighted by molar-refractivity contribution is -0.193. The Balaban J connectivity index is 1.68. The third-order valence-corrected chi connectivity index (χ3v) is 10.7. The molecule has 1 spiro atoms. The summed E-state index contributed by atoms with van der Waals surface area (Å²) in [4.78, 5) is 37.7. The van der Waals surface area contributed by atoms with Gasteiger partial charge in [0.1, 0.15) is 5.60 Å². The molecule has 8 atom stereocenters. The quantitative estimate of drug-likeness (QED) is 0.435. The number of methoxy groups -OCH3 is 1. The van der Waals surface area contributed by atoms with Gasteiger partial charge in [0.05, 0.1) is 25.4 Å². The minimum absolute atomic E-state index is 0.0356. The van der Waals surface area contributed by atoms with E-state index in [0.29, 0.717) is 44.9 Å². The summed E-state index contributed by atoms with van der Waals surface area (Å²) in [6, 6.07) is 0. The van der Waals surface area contributed by atoms with Crippen molar-refractivity contribution < 1.29 is 36.5 Å². The Labute approximate surface area is 200 Å². The first-order valence-electron chi connectivity index (χ1n) is 12.3. The lowest BCUT2D eigenvalue weighted by atomic mass is 9.43. The van der Waals surface area contributed by atoms with E-state index in [4.69, 9.17) is 13.7 Å². The lowest BCUT2D eigenvalue weighted by Crippen LogP contribution is -2.63. The number of allylic oxidation sites excluding steroid dienone is 1. The molecule has 0 aromatic heterocycles. The van der Waals surface area contributed by atoms with Crippen molar-refractivity contribution in [1.29, 1.82) is 0 Å². The van der Waals surface area contributed by atoms with Crippen molar-refractivity contribution in [2.24, 2.45) is 34.5 Å². The van der Waals surface area contributed by atoms with Crippen LogP contribution >= 0.6 is 0 Å². The van der Waals surface area contributed by atoms with Crippen LogP contribution in [0.4, 0.5) is 0 Å². The predicted octanol–water partition coefficient (Wildman–Crippen LogP) is 2.95. The van der Waals surface area contributed by atoms with E-state index in [-0.39, 0.29) is 35.5 Å². The number of esters is 2. The van der Waals surface area contributed by atoms with Crippen LogP contribution in [0.25, 0.3) is 0 Å². The normalized spacial score (nSPS) is 45.8. The van der Waals surface area contributed by atoms with Crippen molar-refractivity contribution in [3.63, 3.8) is 0 Å². The monoisotopic (exact) mass is 494 g/mol. The Bertz CT molecular complexity index is 1080. The number of fused-ring (bicyclic) bond motifs is 6. The third kappa shape index (κ3) is 3.33. The van der Waals surface area contributed by atoms with Crippen molar-refractivity contribution >= 4 is 27.8 Å². The van der Waals surface area contributed by atoms with Crippen LogP contribution < -0.4 is 0 Å². The number of hydrogen-bond donors (Lipinski definition) is 0. The standard InChI is InChI=1S/C25H34O8S/c1-23-8-5-15(26)11-14(23)12-16(22(28)31-3)20-17-6-9-25(10-7-19(27)32-25)24(17,2)13-18(21(20)23)33-34(4,29)30/h11,16-18,20-21H,5-10,12-13H2,1-4H3/t16?,17?,18?,20?,21?,23?,24?,25-/m1/s1. The Morgan fingerprint density at radius 1 is 1.15 bits per heavy atom. The average Bonchev–Trinajstić information content (AvgIpc) is 3.26. The molecule has 0 aromatic carbocycles. The zero-order chi connectivity index (χ0) is 24.7. The zero-order valence-corrected chi connectivity index (χ0v) is 21.1. The van der Waals surface area contributed by atoms with Crippen LogP contribution in [0.15, 0.2) is 11.6 Å². The van der Waals surface area contributed by atoms with Gasteiger partial charge in [-0.25, -0.2) is 0 Å². The molecule has 0 amide bonds. The first-order valence-corrected chi connectivity index (χ1v) is 14.1. The van der Waals surface area contributed by atoms with E-state index in [2.05, 4.69) is 13.8 Å². The average molecular weight is 495 g/mol. The Morgan fingerprint density at radius 2 is 1.88 bits per heavy atom. The molecular formula is C25H34O8S. The highest BCUT2D eigenvalue weighted by molar-refractivity contribution is 7.86. The molecule has 4 aliphatic carbocycles. The van der Waals surface area contributed by atoms with Crippen molar-refractivity contribution in [2.45, 2.75) is 76.9 Å². The maximum absolute atomic E-state index is 13.2. The van der Waals surface area contributed by atoms with Crippen LogP contribution in [-0.4, -0.2) is 51.2 Å². The predicted molar refractivity (Wildman–Crippen MR) is 121 cm³/mol. The largest absolute Gasteiger partial charge is 0.469 e. The third-order valence-electron chi connectivity index (χ3n) is 10.1. The lowest BCUT2D eigenvalue weighted by Gasteiger charge is -2.62. The fourth-order valence-corrected chi connectivity index (χ4v) is 9.26. The molecule has 3 saturated carbocycles. The van der Waals surface area contributed by atoms with Crippen molar-refractivity contribution in [3.8, 4) is 0 Å². The summed E-state index contributed by atoms with van der Waals surface area (Å²) in [5, 5.41) is 0. The Kier molecular flexibility index (Phi) is 5.38. The fraction of sp³-hybridized carbons (Fsp3) is 0.800. The molecule has 188 valence electrons. The molecule has 4 fully saturated rings. The molecule has 0 aromatic rings. The second-order valence-corrected chi connectivity index (χ2v) is 13.2. The zero-order valence-electron chi connectivity index (χ0n) is 20.3. The van der Waals surface area contributed by atoms with Gasteiger partial charge in [-0.3, -0.25) is 18.6 Å². The summed E-state index contributed by atoms with van der Waals surface area (Å²) < 4.78 is 42.0. The number of ketones is 1. The van der Waals surface area contributed by atoms with E-state index in [1.165, 1.54) is 7.11 Å². The molecule has 1 heterocycles. The van der Waals surface area contributed by atoms with Gasteiger partial charge in [0.2, 0.25) is 0 Å². The molecule has 5 rings (SSSR count). The fourth-order valence-electron chi connectivity index (χ4n) is 8.63. The summed E-state index contributed by atoms with van der Waals surface area (Å²) in [5.74, 6) is -1.47. The molecule has 8 nitrogen and oxygen atoms in total. The van der Waals surface area contributed by atoms with E-state index < -0.39 is 38.6 Å². The number of carbonyl (C=O) groups excluding carboxylic acids is 3. The highest BCUT2D eigenvalue weighted by Gasteiger charge is 2.71. The van der Waals surface area contributed by atoms with Gasteiger partial charge in [0.15, 0.2) is 5.78 Å². The van der Waals surface area contributed by atoms with E-state index in [9.17, 15) is 22.8 Å². The summed E-state index contributed by atoms with van der Waals surface area (Å²) >= 11 is 0. The van der Waals surface area contributed by atoms with Crippen LogP contribution in [0.5, 0.6) is 0 Å². The number of rotatable bonds is 3. The number of carbonyl (C=O) groups is 3. The topological polar surface area (TPSA) is 113 Å². The molecule has 34 heavy (non-hydrogen) atoms.